The van der Waals surface area contributed by atoms with E-state index < -0.39 is 0 Å². The predicted molar refractivity (Wildman–Crippen MR) is 270 cm³/mol. The third kappa shape index (κ3) is 10.0. The minimum atomic E-state index is 0.290. The number of ether oxygens (including phenoxy) is 2. The summed E-state index contributed by atoms with van der Waals surface area (Å²) in [6.45, 7) is 4.20. The highest BCUT2D eigenvalue weighted by Crippen LogP contribution is 2.38. The average molecular weight is 923 g/mol. The Morgan fingerprint density at radius 2 is 0.586 bits per heavy atom. The molecular formula is C62H58N4O4+4. The number of nitrogens with zero attached hydrogens (tertiary/aromatic N) is 4. The number of para-hydroxylation sites is 4. The summed E-state index contributed by atoms with van der Waals surface area (Å²) < 4.78 is 22.4. The molecule has 0 saturated heterocycles. The second-order valence-electron chi connectivity index (χ2n) is 18.8. The lowest BCUT2D eigenvalue weighted by atomic mass is 9.91. The molecule has 2 N–H and O–H groups in total. The van der Waals surface area contributed by atoms with Crippen LogP contribution in [-0.4, -0.2) is 23.4 Å². The third-order valence-electron chi connectivity index (χ3n) is 13.9. The molecule has 12 aliphatic heterocycles. The van der Waals surface area contributed by atoms with Gasteiger partial charge in [-0.3, -0.25) is 0 Å². The molecule has 0 amide bonds. The van der Waals surface area contributed by atoms with Gasteiger partial charge in [0.1, 0.15) is 23.0 Å². The van der Waals surface area contributed by atoms with Crippen LogP contribution in [0.1, 0.15) is 68.5 Å². The second kappa shape index (κ2) is 20.2. The molecule has 0 fully saturated rings. The Hall–Kier alpha value is -8.10. The molecule has 0 atom stereocenters. The molecular weight excluding hydrogens is 865 g/mol. The first kappa shape index (κ1) is 44.4. The molecule has 8 heteroatoms. The van der Waals surface area contributed by atoms with E-state index >= 15 is 0 Å². The number of phenolic OH excluding ortho intramolecular Hbond substituents is 2. The fourth-order valence-electron chi connectivity index (χ4n) is 10.0. The maximum Gasteiger partial charge on any atom is 0.173 e. The third-order valence-corrected chi connectivity index (χ3v) is 13.9. The Morgan fingerprint density at radius 3 is 0.886 bits per heavy atom. The van der Waals surface area contributed by atoms with Crippen LogP contribution in [0.4, 0.5) is 0 Å². The van der Waals surface area contributed by atoms with E-state index in [9.17, 15) is 10.2 Å². The quantitative estimate of drug-likeness (QED) is 0.149. The van der Waals surface area contributed by atoms with Crippen molar-refractivity contribution >= 4 is 0 Å². The fraction of sp³-hybridized carbons (Fsp3) is 0.194. The van der Waals surface area contributed by atoms with Gasteiger partial charge < -0.3 is 19.7 Å². The van der Waals surface area contributed by atoms with Gasteiger partial charge in [0.05, 0.1) is 13.2 Å². The van der Waals surface area contributed by atoms with Crippen molar-refractivity contribution in [3.63, 3.8) is 0 Å². The van der Waals surface area contributed by atoms with Crippen molar-refractivity contribution < 1.29 is 38.0 Å². The average Bonchev–Trinajstić information content (AvgIpc) is 3.38. The lowest BCUT2D eigenvalue weighted by Crippen LogP contribution is -2.34. The van der Waals surface area contributed by atoms with Gasteiger partial charge in [-0.1, -0.05) is 97.1 Å². The van der Waals surface area contributed by atoms with Crippen LogP contribution in [0.2, 0.25) is 0 Å². The Balaban J connectivity index is 0.913. The van der Waals surface area contributed by atoms with Gasteiger partial charge in [-0.15, -0.1) is 0 Å². The van der Waals surface area contributed by atoms with Gasteiger partial charge in [-0.05, 0) is 66.8 Å². The van der Waals surface area contributed by atoms with Crippen LogP contribution in [0.3, 0.4) is 0 Å². The van der Waals surface area contributed by atoms with Gasteiger partial charge in [0, 0.05) is 98.2 Å². The molecule has 0 spiro atoms. The minimum Gasteiger partial charge on any atom is -0.507 e. The number of rotatable bonds is 0. The Labute approximate surface area is 410 Å². The van der Waals surface area contributed by atoms with Gasteiger partial charge in [0.15, 0.2) is 75.8 Å². The first-order valence-electron chi connectivity index (χ1n) is 24.6. The molecule has 0 radical (unpaired) electrons. The smallest absolute Gasteiger partial charge is 0.173 e. The van der Waals surface area contributed by atoms with Crippen LogP contribution in [0, 0.1) is 0 Å². The largest absolute Gasteiger partial charge is 0.507 e. The summed E-state index contributed by atoms with van der Waals surface area (Å²) in [5.74, 6) is 2.19. The molecule has 4 aromatic heterocycles. The monoisotopic (exact) mass is 922 g/mol. The van der Waals surface area contributed by atoms with Crippen LogP contribution in [0.15, 0.2) is 195 Å². The zero-order valence-electron chi connectivity index (χ0n) is 39.5. The van der Waals surface area contributed by atoms with E-state index in [-0.39, 0.29) is 0 Å². The summed E-state index contributed by atoms with van der Waals surface area (Å²) in [7, 11) is 0. The topological polar surface area (TPSA) is 74.4 Å². The molecule has 13 aliphatic rings. The van der Waals surface area contributed by atoms with Crippen LogP contribution >= 0.6 is 0 Å². The van der Waals surface area contributed by atoms with Crippen molar-refractivity contribution in [3.05, 3.63) is 251 Å². The Bertz CT molecular complexity index is 2960. The summed E-state index contributed by atoms with van der Waals surface area (Å²) in [5, 5.41) is 23.9. The first-order chi connectivity index (χ1) is 34.5. The van der Waals surface area contributed by atoms with Crippen molar-refractivity contribution in [1.29, 1.82) is 0 Å². The maximum absolute atomic E-state index is 12.0. The molecule has 70 heavy (non-hydrogen) atoms. The van der Waals surface area contributed by atoms with Crippen molar-refractivity contribution in [2.75, 3.05) is 13.2 Å². The fourth-order valence-corrected chi connectivity index (χ4v) is 10.0. The van der Waals surface area contributed by atoms with E-state index in [1.165, 1.54) is 33.4 Å². The number of aromatic nitrogens is 4. The summed E-state index contributed by atoms with van der Waals surface area (Å²) in [6.07, 6.45) is 20.8. The van der Waals surface area contributed by atoms with Crippen LogP contribution < -0.4 is 27.7 Å². The highest BCUT2D eigenvalue weighted by Gasteiger charge is 2.21. The SMILES string of the molecule is Oc1c2cccc1Cc1cccc3c1OCCC[n+]1ccc(cc1)-c1cc[n+](cc1)Cc1ccc(cc1)C[n+]1ccc(cc1)-c1cc[n+](cc1)CCCOc1c(cccc1Cc1cccc(c1O)C3)C2. The van der Waals surface area contributed by atoms with Gasteiger partial charge in [-0.25, -0.2) is 18.3 Å². The second-order valence-corrected chi connectivity index (χ2v) is 18.8. The number of pyridine rings is 4. The number of hydrogen-bond acceptors (Lipinski definition) is 4. The summed E-state index contributed by atoms with van der Waals surface area (Å²) in [4.78, 5) is 0. The minimum absolute atomic E-state index is 0.290. The van der Waals surface area contributed by atoms with Gasteiger partial charge >= 0.3 is 0 Å². The van der Waals surface area contributed by atoms with Crippen LogP contribution in [0.5, 0.6) is 23.0 Å². The molecule has 346 valence electrons. The molecule has 0 saturated carbocycles. The van der Waals surface area contributed by atoms with E-state index in [0.29, 0.717) is 50.4 Å². The molecule has 0 unspecified atom stereocenters. The molecule has 22 rings (SSSR count). The van der Waals surface area contributed by atoms with Gasteiger partial charge in [0.25, 0.3) is 0 Å². The van der Waals surface area contributed by atoms with E-state index in [2.05, 4.69) is 177 Å². The number of hydrogen-bond donors (Lipinski definition) is 2. The lowest BCUT2D eigenvalue weighted by Gasteiger charge is -2.20. The van der Waals surface area contributed by atoms with E-state index in [1.807, 2.05) is 36.4 Å². The number of phenols is 2. The van der Waals surface area contributed by atoms with E-state index in [0.717, 1.165) is 95.0 Å². The van der Waals surface area contributed by atoms with Crippen molar-refractivity contribution in [1.82, 2.24) is 0 Å². The van der Waals surface area contributed by atoms with Gasteiger partial charge in [-0.2, -0.15) is 0 Å². The number of fused-ring (bicyclic) bond motifs is 1. The number of aryl methyl sites for hydroxylation is 2. The van der Waals surface area contributed by atoms with Crippen molar-refractivity contribution in [2.24, 2.45) is 0 Å². The number of benzene rings is 5. The van der Waals surface area contributed by atoms with Crippen molar-refractivity contribution in [2.45, 2.75) is 64.7 Å². The highest BCUT2D eigenvalue weighted by molar-refractivity contribution is 5.62. The highest BCUT2D eigenvalue weighted by atomic mass is 16.5. The summed E-state index contributed by atoms with van der Waals surface area (Å²) in [5.41, 5.74) is 14.5. The molecule has 9 aromatic rings. The lowest BCUT2D eigenvalue weighted by molar-refractivity contribution is -0.697. The van der Waals surface area contributed by atoms with Crippen LogP contribution in [-0.2, 0) is 51.9 Å². The molecule has 1 aliphatic carbocycles. The van der Waals surface area contributed by atoms with Gasteiger partial charge in [0.2, 0.25) is 0 Å². The Morgan fingerprint density at radius 1 is 0.314 bits per heavy atom. The predicted octanol–water partition coefficient (Wildman–Crippen LogP) is 9.61. The Kier molecular flexibility index (Phi) is 12.8. The molecule has 16 heterocycles. The van der Waals surface area contributed by atoms with Crippen molar-refractivity contribution in [3.8, 4) is 45.3 Å². The molecule has 20 bridgehead atoms. The first-order valence-corrected chi connectivity index (χ1v) is 24.6. The molecule has 8 nitrogen and oxygen atoms in total. The normalized spacial score (nSPS) is 13.9. The standard InChI is InChI=1S/C62H56N4O4/c67-59-51-7-1-8-52(59)40-56-12-4-14-58-42-54-10-2-9-53(60(54)68)41-57-13-3-11-55(39-51)61(57)69-37-5-27-63-29-19-47(20-30-63)49-23-33-65(34-24-49)43-45-15-17-46(18-16-45)44-66-35-25-50(26-36-66)48-21-31-64(32-22-48)28-6-38-70-62(56)58/h1-4,7-26,29-36H,5-6,27-28,37-44H2/q+2/p+2. The van der Waals surface area contributed by atoms with Crippen LogP contribution in [0.25, 0.3) is 22.3 Å². The zero-order valence-corrected chi connectivity index (χ0v) is 39.5. The van der Waals surface area contributed by atoms with E-state index in [4.69, 9.17) is 9.47 Å². The summed E-state index contributed by atoms with van der Waals surface area (Å²) >= 11 is 0. The maximum atomic E-state index is 12.0. The summed E-state index contributed by atoms with van der Waals surface area (Å²) in [6, 6.07) is 51.0. The van der Waals surface area contributed by atoms with E-state index in [1.54, 1.807) is 0 Å². The number of aromatic hydroxyl groups is 2. The molecule has 5 aromatic carbocycles. The zero-order chi connectivity index (χ0) is 47.2.